The molecule has 1 heterocycles. The molecule has 3 rings (SSSR count). The Morgan fingerprint density at radius 2 is 1.60 bits per heavy atom. The number of carbonyl (C=O) groups is 1. The van der Waals surface area contributed by atoms with Gasteiger partial charge in [0, 0.05) is 30.8 Å². The van der Waals surface area contributed by atoms with E-state index in [-0.39, 0.29) is 5.78 Å². The summed E-state index contributed by atoms with van der Waals surface area (Å²) in [4.78, 5) is 14.7. The zero-order valence-electron chi connectivity index (χ0n) is 11.3. The Hall–Kier alpha value is -2.19. The first-order valence-electron chi connectivity index (χ1n) is 6.89. The Morgan fingerprint density at radius 3 is 2.35 bits per heavy atom. The van der Waals surface area contributed by atoms with Crippen LogP contribution in [0.5, 0.6) is 0 Å². The maximum atomic E-state index is 12.4. The summed E-state index contributed by atoms with van der Waals surface area (Å²) in [5, 5.41) is 0. The van der Waals surface area contributed by atoms with E-state index in [1.165, 1.54) is 5.56 Å². The molecule has 0 spiro atoms. The summed E-state index contributed by atoms with van der Waals surface area (Å²) in [5.74, 6) is 0.0898. The lowest BCUT2D eigenvalue weighted by molar-refractivity contribution is 0.103. The van der Waals surface area contributed by atoms with Crippen LogP contribution in [-0.2, 0) is 6.54 Å². The fourth-order valence-corrected chi connectivity index (χ4v) is 2.48. The first-order chi connectivity index (χ1) is 9.83. The molecular weight excluding hydrogens is 246 g/mol. The van der Waals surface area contributed by atoms with Crippen LogP contribution in [0.1, 0.15) is 21.5 Å². The van der Waals surface area contributed by atoms with Crippen LogP contribution in [0.15, 0.2) is 66.7 Å². The first kappa shape index (κ1) is 12.8. The van der Waals surface area contributed by atoms with Crippen molar-refractivity contribution < 1.29 is 4.79 Å². The zero-order valence-corrected chi connectivity index (χ0v) is 11.3. The zero-order chi connectivity index (χ0) is 13.8. The van der Waals surface area contributed by atoms with Crippen LogP contribution < -0.4 is 0 Å². The van der Waals surface area contributed by atoms with Gasteiger partial charge >= 0.3 is 0 Å². The highest BCUT2D eigenvalue weighted by Crippen LogP contribution is 2.14. The summed E-state index contributed by atoms with van der Waals surface area (Å²) in [6.07, 6.45) is 4.36. The summed E-state index contributed by atoms with van der Waals surface area (Å²) < 4.78 is 0. The third-order valence-corrected chi connectivity index (χ3v) is 3.53. The van der Waals surface area contributed by atoms with Gasteiger partial charge in [0.25, 0.3) is 0 Å². The predicted molar refractivity (Wildman–Crippen MR) is 80.7 cm³/mol. The Bertz CT molecular complexity index is 623. The topological polar surface area (TPSA) is 20.3 Å². The van der Waals surface area contributed by atoms with Crippen LogP contribution >= 0.6 is 0 Å². The molecular formula is C18H17NO. The molecule has 2 nitrogen and oxygen atoms in total. The highest BCUT2D eigenvalue weighted by atomic mass is 16.1. The van der Waals surface area contributed by atoms with Crippen molar-refractivity contribution in [1.82, 2.24) is 4.90 Å². The van der Waals surface area contributed by atoms with Crippen LogP contribution in [0.2, 0.25) is 0 Å². The van der Waals surface area contributed by atoms with Gasteiger partial charge in [0.2, 0.25) is 0 Å². The van der Waals surface area contributed by atoms with Gasteiger partial charge in [0.1, 0.15) is 0 Å². The fraction of sp³-hybridized carbons (Fsp3) is 0.167. The maximum Gasteiger partial charge on any atom is 0.193 e. The summed E-state index contributed by atoms with van der Waals surface area (Å²) in [5.41, 5.74) is 2.70. The minimum Gasteiger partial charge on any atom is -0.292 e. The molecule has 0 saturated heterocycles. The molecule has 100 valence electrons. The average Bonchev–Trinajstić information content (AvgIpc) is 3.01. The van der Waals surface area contributed by atoms with Crippen molar-refractivity contribution in [2.75, 3.05) is 13.1 Å². The van der Waals surface area contributed by atoms with Crippen molar-refractivity contribution in [2.45, 2.75) is 6.54 Å². The highest BCUT2D eigenvalue weighted by molar-refractivity contribution is 6.09. The number of rotatable bonds is 4. The van der Waals surface area contributed by atoms with Gasteiger partial charge in [-0.1, -0.05) is 60.7 Å². The maximum absolute atomic E-state index is 12.4. The SMILES string of the molecule is O=C(c1ccccc1)c1cccc(CN2CC=CC2)c1. The van der Waals surface area contributed by atoms with E-state index in [1.807, 2.05) is 48.5 Å². The van der Waals surface area contributed by atoms with Gasteiger partial charge in [-0.05, 0) is 11.6 Å². The molecule has 0 fully saturated rings. The number of carbonyl (C=O) groups excluding carboxylic acids is 1. The van der Waals surface area contributed by atoms with Gasteiger partial charge in [-0.3, -0.25) is 9.69 Å². The van der Waals surface area contributed by atoms with Gasteiger partial charge in [0.15, 0.2) is 5.78 Å². The summed E-state index contributed by atoms with van der Waals surface area (Å²) in [7, 11) is 0. The standard InChI is InChI=1S/C18H17NO/c20-18(16-8-2-1-3-9-16)17-10-6-7-15(13-17)14-19-11-4-5-12-19/h1-10,13H,11-12,14H2. The van der Waals surface area contributed by atoms with Gasteiger partial charge in [-0.2, -0.15) is 0 Å². The molecule has 2 aromatic rings. The van der Waals surface area contributed by atoms with E-state index < -0.39 is 0 Å². The molecule has 0 saturated carbocycles. The van der Waals surface area contributed by atoms with Crippen molar-refractivity contribution in [3.63, 3.8) is 0 Å². The summed E-state index contributed by atoms with van der Waals surface area (Å²) >= 11 is 0. The Balaban J connectivity index is 1.78. The average molecular weight is 263 g/mol. The van der Waals surface area contributed by atoms with Crippen LogP contribution in [0.25, 0.3) is 0 Å². The fourth-order valence-electron chi connectivity index (χ4n) is 2.48. The van der Waals surface area contributed by atoms with E-state index in [1.54, 1.807) is 0 Å². The van der Waals surface area contributed by atoms with E-state index in [2.05, 4.69) is 23.1 Å². The summed E-state index contributed by atoms with van der Waals surface area (Å²) in [6.45, 7) is 2.89. The van der Waals surface area contributed by atoms with Gasteiger partial charge in [-0.15, -0.1) is 0 Å². The quantitative estimate of drug-likeness (QED) is 0.623. The van der Waals surface area contributed by atoms with Crippen molar-refractivity contribution in [3.05, 3.63) is 83.4 Å². The first-order valence-corrected chi connectivity index (χ1v) is 6.89. The Labute approximate surface area is 119 Å². The molecule has 2 heteroatoms. The number of ketones is 1. The molecule has 0 aliphatic carbocycles. The third kappa shape index (κ3) is 2.86. The van der Waals surface area contributed by atoms with E-state index in [0.717, 1.165) is 30.8 Å². The smallest absolute Gasteiger partial charge is 0.193 e. The number of benzene rings is 2. The van der Waals surface area contributed by atoms with E-state index in [4.69, 9.17) is 0 Å². The molecule has 1 aliphatic heterocycles. The molecule has 0 amide bonds. The third-order valence-electron chi connectivity index (χ3n) is 3.53. The van der Waals surface area contributed by atoms with Gasteiger partial charge in [0.05, 0.1) is 0 Å². The molecule has 0 aromatic heterocycles. The highest BCUT2D eigenvalue weighted by Gasteiger charge is 2.11. The van der Waals surface area contributed by atoms with Crippen LogP contribution in [-0.4, -0.2) is 23.8 Å². The number of hydrogen-bond acceptors (Lipinski definition) is 2. The molecule has 1 aliphatic rings. The van der Waals surface area contributed by atoms with E-state index in [9.17, 15) is 4.79 Å². The second-order valence-corrected chi connectivity index (χ2v) is 5.06. The second kappa shape index (κ2) is 5.85. The van der Waals surface area contributed by atoms with Crippen LogP contribution in [0, 0.1) is 0 Å². The van der Waals surface area contributed by atoms with Gasteiger partial charge in [-0.25, -0.2) is 0 Å². The molecule has 0 radical (unpaired) electrons. The van der Waals surface area contributed by atoms with Crippen molar-refractivity contribution >= 4 is 5.78 Å². The minimum atomic E-state index is 0.0898. The lowest BCUT2D eigenvalue weighted by Gasteiger charge is -2.15. The van der Waals surface area contributed by atoms with Crippen LogP contribution in [0.3, 0.4) is 0 Å². The normalized spacial score (nSPS) is 14.6. The molecule has 0 bridgehead atoms. The molecule has 2 aromatic carbocycles. The van der Waals surface area contributed by atoms with Gasteiger partial charge < -0.3 is 0 Å². The second-order valence-electron chi connectivity index (χ2n) is 5.06. The monoisotopic (exact) mass is 263 g/mol. The number of hydrogen-bond donors (Lipinski definition) is 0. The summed E-state index contributed by atoms with van der Waals surface area (Å²) in [6, 6.07) is 17.4. The largest absolute Gasteiger partial charge is 0.292 e. The lowest BCUT2D eigenvalue weighted by atomic mass is 10.0. The predicted octanol–water partition coefficient (Wildman–Crippen LogP) is 3.29. The van der Waals surface area contributed by atoms with Crippen molar-refractivity contribution in [3.8, 4) is 0 Å². The molecule has 0 N–H and O–H groups in total. The minimum absolute atomic E-state index is 0.0898. The molecule has 20 heavy (non-hydrogen) atoms. The van der Waals surface area contributed by atoms with E-state index >= 15 is 0 Å². The van der Waals surface area contributed by atoms with Crippen molar-refractivity contribution in [1.29, 1.82) is 0 Å². The lowest BCUT2D eigenvalue weighted by Crippen LogP contribution is -2.19. The Kier molecular flexibility index (Phi) is 3.75. The number of nitrogens with zero attached hydrogens (tertiary/aromatic N) is 1. The molecule has 0 atom stereocenters. The Morgan fingerprint density at radius 1 is 0.900 bits per heavy atom. The van der Waals surface area contributed by atoms with Crippen LogP contribution in [0.4, 0.5) is 0 Å². The van der Waals surface area contributed by atoms with Crippen molar-refractivity contribution in [2.24, 2.45) is 0 Å². The molecule has 0 unspecified atom stereocenters. The van der Waals surface area contributed by atoms with E-state index in [0.29, 0.717) is 0 Å².